The van der Waals surface area contributed by atoms with Crippen molar-refractivity contribution < 1.29 is 9.53 Å². The lowest BCUT2D eigenvalue weighted by Crippen LogP contribution is -2.26. The lowest BCUT2D eigenvalue weighted by Gasteiger charge is -2.27. The van der Waals surface area contributed by atoms with Gasteiger partial charge < -0.3 is 4.74 Å². The molecule has 1 fully saturated rings. The largest absolute Gasteiger partial charge is 0.458 e. The van der Waals surface area contributed by atoms with Crippen LogP contribution in [0.2, 0.25) is 0 Å². The zero-order valence-corrected chi connectivity index (χ0v) is 13.9. The van der Waals surface area contributed by atoms with Gasteiger partial charge in [0.1, 0.15) is 6.10 Å². The number of carbonyl (C=O) groups is 1. The van der Waals surface area contributed by atoms with Crippen LogP contribution in [-0.4, -0.2) is 12.1 Å². The summed E-state index contributed by atoms with van der Waals surface area (Å²) >= 11 is 0. The molecule has 0 radical (unpaired) electrons. The summed E-state index contributed by atoms with van der Waals surface area (Å²) in [6.07, 6.45) is 17.2. The van der Waals surface area contributed by atoms with Crippen molar-refractivity contribution in [1.29, 1.82) is 0 Å². The summed E-state index contributed by atoms with van der Waals surface area (Å²) < 4.78 is 5.63. The van der Waals surface area contributed by atoms with Gasteiger partial charge in [0.2, 0.25) is 0 Å². The molecule has 1 aliphatic carbocycles. The molecule has 1 rings (SSSR count). The molecule has 0 aliphatic heterocycles. The second-order valence-corrected chi connectivity index (χ2v) is 6.46. The fraction of sp³-hybridized carbons (Fsp3) is 0.842. The predicted molar refractivity (Wildman–Crippen MR) is 89.3 cm³/mol. The molecular formula is C19H34O2. The van der Waals surface area contributed by atoms with E-state index in [1.807, 2.05) is 6.08 Å². The first-order valence-electron chi connectivity index (χ1n) is 9.10. The van der Waals surface area contributed by atoms with E-state index in [2.05, 4.69) is 13.5 Å². The third-order valence-corrected chi connectivity index (χ3v) is 4.60. The highest BCUT2D eigenvalue weighted by Crippen LogP contribution is 2.28. The monoisotopic (exact) mass is 294 g/mol. The molecule has 0 aromatic rings. The van der Waals surface area contributed by atoms with Gasteiger partial charge in [-0.15, -0.1) is 0 Å². The minimum atomic E-state index is -0.0534. The van der Waals surface area contributed by atoms with Gasteiger partial charge in [-0.25, -0.2) is 0 Å². The summed E-state index contributed by atoms with van der Waals surface area (Å²) in [5.74, 6) is 0.480. The van der Waals surface area contributed by atoms with Gasteiger partial charge in [0.25, 0.3) is 0 Å². The molecule has 0 bridgehead atoms. The van der Waals surface area contributed by atoms with E-state index in [4.69, 9.17) is 4.74 Å². The van der Waals surface area contributed by atoms with Crippen LogP contribution >= 0.6 is 0 Å². The van der Waals surface area contributed by atoms with E-state index in [0.29, 0.717) is 12.3 Å². The second kappa shape index (κ2) is 11.8. The maximum atomic E-state index is 11.9. The molecule has 122 valence electrons. The highest BCUT2D eigenvalue weighted by atomic mass is 16.5. The Morgan fingerprint density at radius 2 is 1.71 bits per heavy atom. The smallest absolute Gasteiger partial charge is 0.306 e. The molecule has 0 spiro atoms. The van der Waals surface area contributed by atoms with Crippen molar-refractivity contribution >= 4 is 5.97 Å². The van der Waals surface area contributed by atoms with Crippen LogP contribution in [0.25, 0.3) is 0 Å². The first kappa shape index (κ1) is 18.3. The third kappa shape index (κ3) is 8.28. The maximum absolute atomic E-state index is 11.9. The molecule has 21 heavy (non-hydrogen) atoms. The van der Waals surface area contributed by atoms with E-state index in [1.54, 1.807) is 0 Å². The molecule has 0 amide bonds. The number of carbonyl (C=O) groups excluding carboxylic acids is 1. The number of esters is 1. The van der Waals surface area contributed by atoms with Gasteiger partial charge in [-0.1, -0.05) is 77.4 Å². The van der Waals surface area contributed by atoms with Gasteiger partial charge in [0, 0.05) is 6.42 Å². The van der Waals surface area contributed by atoms with Crippen LogP contribution < -0.4 is 0 Å². The Morgan fingerprint density at radius 1 is 1.10 bits per heavy atom. The Hall–Kier alpha value is -0.790. The summed E-state index contributed by atoms with van der Waals surface area (Å²) in [5, 5.41) is 0. The van der Waals surface area contributed by atoms with Gasteiger partial charge in [0.15, 0.2) is 0 Å². The molecule has 1 atom stereocenters. The Morgan fingerprint density at radius 3 is 2.33 bits per heavy atom. The summed E-state index contributed by atoms with van der Waals surface area (Å²) in [6.45, 7) is 6.08. The first-order valence-corrected chi connectivity index (χ1v) is 9.10. The van der Waals surface area contributed by atoms with Gasteiger partial charge in [-0.05, 0) is 25.2 Å². The van der Waals surface area contributed by atoms with E-state index in [-0.39, 0.29) is 12.1 Å². The molecule has 1 unspecified atom stereocenters. The number of unbranched alkanes of at least 4 members (excludes halogenated alkanes) is 6. The van der Waals surface area contributed by atoms with Crippen LogP contribution in [0.3, 0.4) is 0 Å². The van der Waals surface area contributed by atoms with Crippen molar-refractivity contribution in [1.82, 2.24) is 0 Å². The Labute approximate surface area is 131 Å². The van der Waals surface area contributed by atoms with Gasteiger partial charge in [0.05, 0.1) is 0 Å². The Balaban J connectivity index is 2.09. The van der Waals surface area contributed by atoms with Gasteiger partial charge >= 0.3 is 5.97 Å². The van der Waals surface area contributed by atoms with Crippen molar-refractivity contribution in [2.75, 3.05) is 0 Å². The van der Waals surface area contributed by atoms with Crippen molar-refractivity contribution in [2.24, 2.45) is 5.92 Å². The quantitative estimate of drug-likeness (QED) is 0.273. The van der Waals surface area contributed by atoms with E-state index < -0.39 is 0 Å². The Bertz CT molecular complexity index is 279. The van der Waals surface area contributed by atoms with Crippen molar-refractivity contribution in [3.05, 3.63) is 12.7 Å². The Kier molecular flexibility index (Phi) is 10.3. The van der Waals surface area contributed by atoms with Crippen LogP contribution in [0.5, 0.6) is 0 Å². The lowest BCUT2D eigenvalue weighted by molar-refractivity contribution is -0.149. The van der Waals surface area contributed by atoms with Crippen LogP contribution in [0.15, 0.2) is 12.7 Å². The molecule has 1 saturated carbocycles. The summed E-state index contributed by atoms with van der Waals surface area (Å²) in [5.41, 5.74) is 0. The SMILES string of the molecule is C=CC(OC(=O)CCCCCCCCC)C1CCCCC1. The highest BCUT2D eigenvalue weighted by Gasteiger charge is 2.24. The van der Waals surface area contributed by atoms with Gasteiger partial charge in [-0.2, -0.15) is 0 Å². The molecule has 0 aromatic carbocycles. The fourth-order valence-corrected chi connectivity index (χ4v) is 3.24. The standard InChI is InChI=1S/C19H34O2/c1-3-5-6-7-8-9-13-16-19(20)21-18(4-2)17-14-11-10-12-15-17/h4,17-18H,2-3,5-16H2,1H3. The molecule has 2 heteroatoms. The number of rotatable bonds is 11. The van der Waals surface area contributed by atoms with Crippen molar-refractivity contribution in [2.45, 2.75) is 96.5 Å². The zero-order chi connectivity index (χ0) is 15.3. The van der Waals surface area contributed by atoms with Crippen LogP contribution in [0.4, 0.5) is 0 Å². The minimum absolute atomic E-state index is 0.0287. The summed E-state index contributed by atoms with van der Waals surface area (Å²) in [6, 6.07) is 0. The summed E-state index contributed by atoms with van der Waals surface area (Å²) in [4.78, 5) is 11.9. The summed E-state index contributed by atoms with van der Waals surface area (Å²) in [7, 11) is 0. The number of hydrogen-bond donors (Lipinski definition) is 0. The average Bonchev–Trinajstić information content (AvgIpc) is 2.52. The van der Waals surface area contributed by atoms with E-state index >= 15 is 0 Å². The maximum Gasteiger partial charge on any atom is 0.306 e. The van der Waals surface area contributed by atoms with E-state index in [1.165, 1.54) is 64.2 Å². The first-order chi connectivity index (χ1) is 10.3. The zero-order valence-electron chi connectivity index (χ0n) is 13.9. The van der Waals surface area contributed by atoms with Crippen LogP contribution in [0.1, 0.15) is 90.4 Å². The molecule has 1 aliphatic rings. The highest BCUT2D eigenvalue weighted by molar-refractivity contribution is 5.69. The number of hydrogen-bond acceptors (Lipinski definition) is 2. The third-order valence-electron chi connectivity index (χ3n) is 4.60. The molecule has 2 nitrogen and oxygen atoms in total. The fourth-order valence-electron chi connectivity index (χ4n) is 3.24. The molecular weight excluding hydrogens is 260 g/mol. The molecule has 0 heterocycles. The van der Waals surface area contributed by atoms with E-state index in [0.717, 1.165) is 12.8 Å². The van der Waals surface area contributed by atoms with Gasteiger partial charge in [-0.3, -0.25) is 4.79 Å². The van der Waals surface area contributed by atoms with E-state index in [9.17, 15) is 4.79 Å². The average molecular weight is 294 g/mol. The molecule has 0 saturated heterocycles. The van der Waals surface area contributed by atoms with Crippen LogP contribution in [0, 0.1) is 5.92 Å². The van der Waals surface area contributed by atoms with Crippen molar-refractivity contribution in [3.63, 3.8) is 0 Å². The molecule has 0 aromatic heterocycles. The minimum Gasteiger partial charge on any atom is -0.458 e. The number of ether oxygens (including phenoxy) is 1. The normalized spacial score (nSPS) is 17.4. The topological polar surface area (TPSA) is 26.3 Å². The lowest BCUT2D eigenvalue weighted by atomic mass is 9.85. The van der Waals surface area contributed by atoms with Crippen molar-refractivity contribution in [3.8, 4) is 0 Å². The van der Waals surface area contributed by atoms with Crippen LogP contribution in [-0.2, 0) is 9.53 Å². The second-order valence-electron chi connectivity index (χ2n) is 6.46. The predicted octanol–water partition coefficient (Wildman–Crippen LogP) is 5.81. The molecule has 0 N–H and O–H groups in total.